The number of para-hydroxylation sites is 1. The average molecular weight is 375 g/mol. The summed E-state index contributed by atoms with van der Waals surface area (Å²) in [5, 5.41) is 0.620. The summed E-state index contributed by atoms with van der Waals surface area (Å²) in [6.07, 6.45) is 2.97. The van der Waals surface area contributed by atoms with Gasteiger partial charge in [-0.15, -0.1) is 12.4 Å². The number of nitrogens with two attached hydrogens (primary N) is 1. The predicted molar refractivity (Wildman–Crippen MR) is 101 cm³/mol. The van der Waals surface area contributed by atoms with Crippen LogP contribution in [0.25, 0.3) is 0 Å². The zero-order chi connectivity index (χ0) is 16.8. The van der Waals surface area contributed by atoms with Gasteiger partial charge in [-0.05, 0) is 30.9 Å². The quantitative estimate of drug-likeness (QED) is 0.824. The largest absolute Gasteiger partial charge is 0.492 e. The van der Waals surface area contributed by atoms with Gasteiger partial charge in [0.2, 0.25) is 5.91 Å². The van der Waals surface area contributed by atoms with Gasteiger partial charge in [0.25, 0.3) is 0 Å². The lowest BCUT2D eigenvalue weighted by Gasteiger charge is -2.35. The molecule has 24 heavy (non-hydrogen) atoms. The Labute approximate surface area is 156 Å². The molecule has 0 saturated carbocycles. The van der Waals surface area contributed by atoms with E-state index < -0.39 is 6.04 Å². The minimum atomic E-state index is -0.400. The van der Waals surface area contributed by atoms with Crippen LogP contribution in [0.3, 0.4) is 0 Å². The van der Waals surface area contributed by atoms with Crippen molar-refractivity contribution in [3.63, 3.8) is 0 Å². The molecule has 1 aromatic rings. The van der Waals surface area contributed by atoms with E-state index in [-0.39, 0.29) is 24.2 Å². The van der Waals surface area contributed by atoms with Gasteiger partial charge in [0.15, 0.2) is 0 Å². The van der Waals surface area contributed by atoms with Crippen molar-refractivity contribution in [3.05, 3.63) is 29.3 Å². The molecule has 6 heteroatoms. The van der Waals surface area contributed by atoms with E-state index in [4.69, 9.17) is 22.1 Å². The van der Waals surface area contributed by atoms with Gasteiger partial charge in [0.05, 0.1) is 17.7 Å². The highest BCUT2D eigenvalue weighted by atomic mass is 35.5. The number of amides is 1. The number of piperidine rings is 1. The highest BCUT2D eigenvalue weighted by Gasteiger charge is 2.29. The Kier molecular flexibility index (Phi) is 8.88. The first-order valence-corrected chi connectivity index (χ1v) is 8.82. The highest BCUT2D eigenvalue weighted by Crippen LogP contribution is 2.25. The molecule has 3 unspecified atom stereocenters. The number of ether oxygens (including phenoxy) is 1. The number of likely N-dealkylation sites (tertiary alicyclic amines) is 1. The Hall–Kier alpha value is -0.970. The van der Waals surface area contributed by atoms with Gasteiger partial charge in [0.1, 0.15) is 5.75 Å². The summed E-state index contributed by atoms with van der Waals surface area (Å²) < 4.78 is 5.83. The number of rotatable bonds is 6. The van der Waals surface area contributed by atoms with Gasteiger partial charge in [-0.3, -0.25) is 4.79 Å². The van der Waals surface area contributed by atoms with Crippen LogP contribution in [0.1, 0.15) is 33.1 Å². The molecule has 1 heterocycles. The van der Waals surface area contributed by atoms with Gasteiger partial charge in [-0.25, -0.2) is 0 Å². The first-order valence-electron chi connectivity index (χ1n) is 8.44. The van der Waals surface area contributed by atoms with Gasteiger partial charge in [0, 0.05) is 19.0 Å². The third-order valence-corrected chi connectivity index (χ3v) is 5.00. The standard InChI is InChI=1S/C18H27ClN2O2.ClH/c1-3-13(2)17(20)18(22)21-10-6-7-14(11-21)12-23-16-9-5-4-8-15(16)19;/h4-5,8-9,13-14,17H,3,6-7,10-12,20H2,1-2H3;1H. The van der Waals surface area contributed by atoms with Crippen LogP contribution in [0, 0.1) is 11.8 Å². The molecule has 0 radical (unpaired) electrons. The third-order valence-electron chi connectivity index (χ3n) is 4.68. The molecule has 136 valence electrons. The molecule has 2 rings (SSSR count). The molecule has 1 aliphatic heterocycles. The smallest absolute Gasteiger partial charge is 0.239 e. The fraction of sp³-hybridized carbons (Fsp3) is 0.611. The van der Waals surface area contributed by atoms with E-state index in [2.05, 4.69) is 6.92 Å². The minimum absolute atomic E-state index is 0. The molecule has 1 amide bonds. The van der Waals surface area contributed by atoms with E-state index in [1.54, 1.807) is 0 Å². The summed E-state index contributed by atoms with van der Waals surface area (Å²) in [4.78, 5) is 14.4. The topological polar surface area (TPSA) is 55.6 Å². The van der Waals surface area contributed by atoms with E-state index in [1.165, 1.54) is 0 Å². The fourth-order valence-electron chi connectivity index (χ4n) is 2.88. The zero-order valence-electron chi connectivity index (χ0n) is 14.4. The van der Waals surface area contributed by atoms with Gasteiger partial charge in [-0.1, -0.05) is 44.0 Å². The molecule has 1 saturated heterocycles. The van der Waals surface area contributed by atoms with Crippen LogP contribution < -0.4 is 10.5 Å². The maximum atomic E-state index is 12.5. The van der Waals surface area contributed by atoms with Crippen LogP contribution in [0.5, 0.6) is 5.75 Å². The summed E-state index contributed by atoms with van der Waals surface area (Å²) in [5.74, 6) is 1.31. The van der Waals surface area contributed by atoms with Gasteiger partial charge >= 0.3 is 0 Å². The predicted octanol–water partition coefficient (Wildman–Crippen LogP) is 3.75. The summed E-state index contributed by atoms with van der Waals surface area (Å²) in [7, 11) is 0. The lowest BCUT2D eigenvalue weighted by Crippen LogP contribution is -2.51. The fourth-order valence-corrected chi connectivity index (χ4v) is 3.07. The SMILES string of the molecule is CCC(C)C(N)C(=O)N1CCCC(COc2ccccc2Cl)C1.Cl. The number of carbonyl (C=O) groups is 1. The summed E-state index contributed by atoms with van der Waals surface area (Å²) in [6, 6.07) is 7.07. The van der Waals surface area contributed by atoms with Crippen LogP contribution in [-0.4, -0.2) is 36.5 Å². The van der Waals surface area contributed by atoms with Crippen LogP contribution in [0.2, 0.25) is 5.02 Å². The molecular weight excluding hydrogens is 347 g/mol. The summed E-state index contributed by atoms with van der Waals surface area (Å²) >= 11 is 6.11. The zero-order valence-corrected chi connectivity index (χ0v) is 16.0. The van der Waals surface area contributed by atoms with Gasteiger partial charge in [-0.2, -0.15) is 0 Å². The number of hydrogen-bond acceptors (Lipinski definition) is 3. The number of carbonyl (C=O) groups excluding carboxylic acids is 1. The molecule has 1 aromatic carbocycles. The maximum Gasteiger partial charge on any atom is 0.239 e. The maximum absolute atomic E-state index is 12.5. The van der Waals surface area contributed by atoms with Crippen LogP contribution in [0.4, 0.5) is 0 Å². The molecule has 0 aliphatic carbocycles. The second-order valence-corrected chi connectivity index (χ2v) is 6.85. The molecule has 4 nitrogen and oxygen atoms in total. The number of hydrogen-bond donors (Lipinski definition) is 1. The average Bonchev–Trinajstić information content (AvgIpc) is 2.59. The third kappa shape index (κ3) is 5.54. The molecule has 0 spiro atoms. The van der Waals surface area contributed by atoms with Crippen LogP contribution in [0.15, 0.2) is 24.3 Å². The number of halogens is 2. The van der Waals surface area contributed by atoms with Crippen molar-refractivity contribution in [2.24, 2.45) is 17.6 Å². The van der Waals surface area contributed by atoms with E-state index in [0.717, 1.165) is 25.8 Å². The van der Waals surface area contributed by atoms with Crippen LogP contribution >= 0.6 is 24.0 Å². The Bertz CT molecular complexity index is 527. The Morgan fingerprint density at radius 3 is 2.83 bits per heavy atom. The highest BCUT2D eigenvalue weighted by molar-refractivity contribution is 6.32. The minimum Gasteiger partial charge on any atom is -0.492 e. The monoisotopic (exact) mass is 374 g/mol. The van der Waals surface area contributed by atoms with E-state index >= 15 is 0 Å². The van der Waals surface area contributed by atoms with E-state index in [9.17, 15) is 4.79 Å². The molecule has 2 N–H and O–H groups in total. The molecule has 3 atom stereocenters. The van der Waals surface area contributed by atoms with Crippen molar-refractivity contribution in [2.45, 2.75) is 39.2 Å². The normalized spacial score (nSPS) is 20.0. The molecule has 1 fully saturated rings. The van der Waals surface area contributed by atoms with Gasteiger partial charge < -0.3 is 15.4 Å². The van der Waals surface area contributed by atoms with E-state index in [1.807, 2.05) is 36.1 Å². The number of benzene rings is 1. The second-order valence-electron chi connectivity index (χ2n) is 6.45. The summed E-state index contributed by atoms with van der Waals surface area (Å²) in [6.45, 7) is 6.18. The lowest BCUT2D eigenvalue weighted by molar-refractivity contribution is -0.135. The molecule has 0 aromatic heterocycles. The van der Waals surface area contributed by atoms with Crippen LogP contribution in [-0.2, 0) is 4.79 Å². The van der Waals surface area contributed by atoms with E-state index in [0.29, 0.717) is 29.8 Å². The molecule has 1 aliphatic rings. The van der Waals surface area contributed by atoms with Crippen molar-refractivity contribution in [1.82, 2.24) is 4.90 Å². The summed E-state index contributed by atoms with van der Waals surface area (Å²) in [5.41, 5.74) is 6.09. The van der Waals surface area contributed by atoms with Crippen molar-refractivity contribution in [1.29, 1.82) is 0 Å². The molecular formula is C18H28Cl2N2O2. The first kappa shape index (κ1) is 21.1. The van der Waals surface area contributed by atoms with Crippen molar-refractivity contribution in [2.75, 3.05) is 19.7 Å². The Balaban J connectivity index is 0.00000288. The Morgan fingerprint density at radius 2 is 2.17 bits per heavy atom. The second kappa shape index (κ2) is 10.1. The Morgan fingerprint density at radius 1 is 1.46 bits per heavy atom. The number of nitrogens with zero attached hydrogens (tertiary/aromatic N) is 1. The lowest BCUT2D eigenvalue weighted by atomic mass is 9.95. The van der Waals surface area contributed by atoms with Crippen molar-refractivity contribution < 1.29 is 9.53 Å². The van der Waals surface area contributed by atoms with Crippen molar-refractivity contribution in [3.8, 4) is 5.75 Å². The molecule has 0 bridgehead atoms. The first-order chi connectivity index (χ1) is 11.0. The van der Waals surface area contributed by atoms with Crippen molar-refractivity contribution >= 4 is 29.9 Å².